The zero-order valence-corrected chi connectivity index (χ0v) is 14.0. The normalized spacial score (nSPS) is 17.7. The lowest BCUT2D eigenvalue weighted by Crippen LogP contribution is -2.46. The highest BCUT2D eigenvalue weighted by Gasteiger charge is 2.21. The highest BCUT2D eigenvalue weighted by atomic mass is 35.5. The Morgan fingerprint density at radius 1 is 0.783 bits per heavy atom. The average Bonchev–Trinajstić information content (AvgIpc) is 2.61. The molecule has 3 heteroatoms. The number of fused-ring (bicyclic) bond motifs is 1. The zero-order valence-electron chi connectivity index (χ0n) is 13.2. The van der Waals surface area contributed by atoms with Crippen LogP contribution in [0.2, 0.25) is 5.02 Å². The van der Waals surface area contributed by atoms with Gasteiger partial charge in [0.2, 0.25) is 0 Å². The van der Waals surface area contributed by atoms with Gasteiger partial charge < -0.3 is 9.80 Å². The number of nitrogens with zero attached hydrogens (tertiary/aromatic N) is 2. The van der Waals surface area contributed by atoms with E-state index in [1.54, 1.807) is 0 Å². The van der Waals surface area contributed by atoms with Gasteiger partial charge in [-0.1, -0.05) is 41.9 Å². The van der Waals surface area contributed by atoms with E-state index in [0.29, 0.717) is 0 Å². The van der Waals surface area contributed by atoms with Crippen molar-refractivity contribution in [2.45, 2.75) is 12.8 Å². The number of piperazine rings is 1. The lowest BCUT2D eigenvalue weighted by atomic mass is 9.94. The molecule has 0 amide bonds. The summed E-state index contributed by atoms with van der Waals surface area (Å²) in [6.45, 7) is 4.28. The number of benzene rings is 2. The van der Waals surface area contributed by atoms with Crippen LogP contribution in [-0.2, 0) is 6.42 Å². The molecule has 1 heterocycles. The van der Waals surface area contributed by atoms with E-state index in [0.717, 1.165) is 44.0 Å². The van der Waals surface area contributed by atoms with E-state index in [-0.39, 0.29) is 0 Å². The number of aryl methyl sites for hydroxylation is 1. The summed E-state index contributed by atoms with van der Waals surface area (Å²) in [7, 11) is 0. The third kappa shape index (κ3) is 3.09. The second-order valence-electron chi connectivity index (χ2n) is 6.29. The van der Waals surface area contributed by atoms with Gasteiger partial charge in [0.25, 0.3) is 0 Å². The van der Waals surface area contributed by atoms with Crippen LogP contribution in [0, 0.1) is 0 Å². The fourth-order valence-corrected chi connectivity index (χ4v) is 3.78. The molecule has 23 heavy (non-hydrogen) atoms. The van der Waals surface area contributed by atoms with Crippen LogP contribution in [0.5, 0.6) is 0 Å². The second-order valence-corrected chi connectivity index (χ2v) is 6.72. The van der Waals surface area contributed by atoms with Crippen LogP contribution in [0.4, 0.5) is 5.69 Å². The molecule has 4 rings (SSSR count). The summed E-state index contributed by atoms with van der Waals surface area (Å²) in [6, 6.07) is 16.9. The Kier molecular flexibility index (Phi) is 4.00. The van der Waals surface area contributed by atoms with Crippen LogP contribution in [0.15, 0.2) is 54.2 Å². The van der Waals surface area contributed by atoms with E-state index in [9.17, 15) is 0 Å². The molecule has 2 aliphatic rings. The Hall–Kier alpha value is -1.93. The summed E-state index contributed by atoms with van der Waals surface area (Å²) in [4.78, 5) is 4.98. The van der Waals surface area contributed by atoms with Gasteiger partial charge in [0.05, 0.1) is 0 Å². The zero-order chi connectivity index (χ0) is 15.6. The molecule has 1 fully saturated rings. The highest BCUT2D eigenvalue weighted by molar-refractivity contribution is 6.30. The molecule has 0 spiro atoms. The number of allylic oxidation sites excluding steroid dienone is 1. The van der Waals surface area contributed by atoms with Crippen LogP contribution in [0.25, 0.3) is 6.08 Å². The lowest BCUT2D eigenvalue weighted by molar-refractivity contribution is 0.313. The first-order valence-corrected chi connectivity index (χ1v) is 8.71. The Bertz CT molecular complexity index is 730. The van der Waals surface area contributed by atoms with Crippen LogP contribution in [-0.4, -0.2) is 31.1 Å². The Morgan fingerprint density at radius 2 is 1.57 bits per heavy atom. The van der Waals surface area contributed by atoms with E-state index < -0.39 is 0 Å². The standard InChI is InChI=1S/C20H21ClN2/c21-18-6-3-7-19(15-18)22-10-12-23(13-11-22)20-9-8-16-4-1-2-5-17(16)14-20/h1-7,14-15H,8-13H2. The monoisotopic (exact) mass is 324 g/mol. The predicted molar refractivity (Wildman–Crippen MR) is 98.0 cm³/mol. The summed E-state index contributed by atoms with van der Waals surface area (Å²) < 4.78 is 0. The third-order valence-electron chi connectivity index (χ3n) is 4.89. The summed E-state index contributed by atoms with van der Waals surface area (Å²) in [6.07, 6.45) is 4.71. The van der Waals surface area contributed by atoms with Crippen molar-refractivity contribution in [1.82, 2.24) is 4.90 Å². The van der Waals surface area contributed by atoms with Gasteiger partial charge in [-0.05, 0) is 48.2 Å². The SMILES string of the molecule is Clc1cccc(N2CCN(C3=Cc4ccccc4CC3)CC2)c1. The fourth-order valence-electron chi connectivity index (χ4n) is 3.59. The summed E-state index contributed by atoms with van der Waals surface area (Å²) >= 11 is 6.12. The van der Waals surface area contributed by atoms with Gasteiger partial charge in [0.1, 0.15) is 0 Å². The van der Waals surface area contributed by atoms with Crippen molar-refractivity contribution in [2.24, 2.45) is 0 Å². The number of hydrogen-bond donors (Lipinski definition) is 0. The third-order valence-corrected chi connectivity index (χ3v) is 5.12. The molecule has 0 saturated carbocycles. The summed E-state index contributed by atoms with van der Waals surface area (Å²) in [5.41, 5.74) is 5.61. The second kappa shape index (κ2) is 6.29. The first-order chi connectivity index (χ1) is 11.3. The van der Waals surface area contributed by atoms with Crippen LogP contribution < -0.4 is 4.90 Å². The molecule has 0 unspecified atom stereocenters. The number of rotatable bonds is 2. The molecule has 0 radical (unpaired) electrons. The average molecular weight is 325 g/mol. The summed E-state index contributed by atoms with van der Waals surface area (Å²) in [5.74, 6) is 0. The minimum absolute atomic E-state index is 0.816. The van der Waals surface area contributed by atoms with Gasteiger partial charge in [-0.3, -0.25) is 0 Å². The molecule has 1 saturated heterocycles. The topological polar surface area (TPSA) is 6.48 Å². The minimum atomic E-state index is 0.816. The van der Waals surface area contributed by atoms with E-state index >= 15 is 0 Å². The van der Waals surface area contributed by atoms with E-state index in [1.807, 2.05) is 12.1 Å². The molecule has 2 aromatic carbocycles. The molecular formula is C20H21ClN2. The first-order valence-electron chi connectivity index (χ1n) is 8.33. The van der Waals surface area contributed by atoms with Gasteiger partial charge in [-0.2, -0.15) is 0 Å². The van der Waals surface area contributed by atoms with Crippen LogP contribution in [0.3, 0.4) is 0 Å². The van der Waals surface area contributed by atoms with Crippen molar-refractivity contribution in [2.75, 3.05) is 31.1 Å². The van der Waals surface area contributed by atoms with Crippen LogP contribution >= 0.6 is 11.6 Å². The molecule has 1 aliphatic carbocycles. The van der Waals surface area contributed by atoms with Gasteiger partial charge in [-0.15, -0.1) is 0 Å². The minimum Gasteiger partial charge on any atom is -0.371 e. The largest absolute Gasteiger partial charge is 0.371 e. The Morgan fingerprint density at radius 3 is 2.39 bits per heavy atom. The van der Waals surface area contributed by atoms with E-state index in [2.05, 4.69) is 52.3 Å². The van der Waals surface area contributed by atoms with Crippen molar-refractivity contribution < 1.29 is 0 Å². The van der Waals surface area contributed by atoms with Crippen molar-refractivity contribution >= 4 is 23.4 Å². The van der Waals surface area contributed by atoms with Crippen molar-refractivity contribution in [3.05, 3.63) is 70.4 Å². The molecule has 2 aromatic rings. The quantitative estimate of drug-likeness (QED) is 0.805. The molecule has 0 N–H and O–H groups in total. The van der Waals surface area contributed by atoms with Crippen molar-refractivity contribution in [3.63, 3.8) is 0 Å². The van der Waals surface area contributed by atoms with Crippen molar-refractivity contribution in [3.8, 4) is 0 Å². The molecule has 0 atom stereocenters. The highest BCUT2D eigenvalue weighted by Crippen LogP contribution is 2.28. The van der Waals surface area contributed by atoms with E-state index in [4.69, 9.17) is 11.6 Å². The predicted octanol–water partition coefficient (Wildman–Crippen LogP) is 4.45. The smallest absolute Gasteiger partial charge is 0.0426 e. The maximum absolute atomic E-state index is 6.12. The molecule has 118 valence electrons. The number of hydrogen-bond acceptors (Lipinski definition) is 2. The lowest BCUT2D eigenvalue weighted by Gasteiger charge is -2.39. The number of anilines is 1. The molecule has 2 nitrogen and oxygen atoms in total. The van der Waals surface area contributed by atoms with Gasteiger partial charge in [-0.25, -0.2) is 0 Å². The molecular weight excluding hydrogens is 304 g/mol. The Balaban J connectivity index is 1.45. The van der Waals surface area contributed by atoms with Gasteiger partial charge in [0.15, 0.2) is 0 Å². The first kappa shape index (κ1) is 14.6. The summed E-state index contributed by atoms with van der Waals surface area (Å²) in [5, 5.41) is 0.816. The van der Waals surface area contributed by atoms with E-state index in [1.165, 1.54) is 22.5 Å². The van der Waals surface area contributed by atoms with Gasteiger partial charge in [0, 0.05) is 42.6 Å². The van der Waals surface area contributed by atoms with Crippen molar-refractivity contribution in [1.29, 1.82) is 0 Å². The molecule has 0 bridgehead atoms. The molecule has 0 aromatic heterocycles. The fraction of sp³-hybridized carbons (Fsp3) is 0.300. The maximum atomic E-state index is 6.12. The maximum Gasteiger partial charge on any atom is 0.0426 e. The molecule has 1 aliphatic heterocycles. The Labute approximate surface area is 143 Å². The number of halogens is 1. The van der Waals surface area contributed by atoms with Crippen LogP contribution in [0.1, 0.15) is 17.5 Å². The van der Waals surface area contributed by atoms with Gasteiger partial charge >= 0.3 is 0 Å².